The van der Waals surface area contributed by atoms with Crippen molar-refractivity contribution >= 4 is 40.3 Å². The molecule has 0 aliphatic rings. The number of hydrazine groups is 1. The molecule has 2 amide bonds. The lowest BCUT2D eigenvalue weighted by Gasteiger charge is -2.31. The number of hydrogen-bond donors (Lipinski definition) is 3. The van der Waals surface area contributed by atoms with Crippen LogP contribution in [0.5, 0.6) is 0 Å². The molecule has 5 aromatic rings. The van der Waals surface area contributed by atoms with Gasteiger partial charge in [0.25, 0.3) is 11.8 Å². The van der Waals surface area contributed by atoms with Crippen molar-refractivity contribution in [3.8, 4) is 0 Å². The van der Waals surface area contributed by atoms with Crippen LogP contribution in [-0.4, -0.2) is 11.8 Å². The molecule has 0 aromatic heterocycles. The molecule has 40 heavy (non-hydrogen) atoms. The van der Waals surface area contributed by atoms with Gasteiger partial charge in [0.15, 0.2) is 5.70 Å². The molecular formula is C34H29N3O2P+. The van der Waals surface area contributed by atoms with Crippen LogP contribution in [0.3, 0.4) is 0 Å². The van der Waals surface area contributed by atoms with Crippen LogP contribution in [-0.2, 0) is 4.79 Å². The summed E-state index contributed by atoms with van der Waals surface area (Å²) in [5, 5.41) is 6.76. The zero-order valence-corrected chi connectivity index (χ0v) is 22.7. The molecule has 0 saturated heterocycles. The zero-order chi connectivity index (χ0) is 27.8. The SMILES string of the molecule is NNC(=O)/C(NC(=O)c1ccccc1)=C(\c1ccccc1)[P+](c1ccccc1)(c1ccccc1)c1ccccc1. The van der Waals surface area contributed by atoms with Crippen LogP contribution in [0.4, 0.5) is 0 Å². The molecule has 0 aliphatic heterocycles. The molecule has 6 heteroatoms. The quantitative estimate of drug-likeness (QED) is 0.0869. The van der Waals surface area contributed by atoms with Crippen LogP contribution in [0.25, 0.3) is 5.31 Å². The summed E-state index contributed by atoms with van der Waals surface area (Å²) >= 11 is 0. The van der Waals surface area contributed by atoms with Gasteiger partial charge in [-0.25, -0.2) is 5.84 Å². The van der Waals surface area contributed by atoms with E-state index in [1.165, 1.54) is 0 Å². The first-order chi connectivity index (χ1) is 19.7. The molecule has 0 saturated carbocycles. The molecular weight excluding hydrogens is 513 g/mol. The summed E-state index contributed by atoms with van der Waals surface area (Å²) in [5.41, 5.74) is 3.64. The fourth-order valence-electron chi connectivity index (χ4n) is 4.96. The first kappa shape index (κ1) is 26.8. The lowest BCUT2D eigenvalue weighted by Crippen LogP contribution is -2.41. The van der Waals surface area contributed by atoms with E-state index in [1.807, 2.05) is 91.0 Å². The van der Waals surface area contributed by atoms with Gasteiger partial charge in [-0.1, -0.05) is 103 Å². The molecule has 0 heterocycles. The van der Waals surface area contributed by atoms with Crippen LogP contribution in [0.2, 0.25) is 0 Å². The largest absolute Gasteiger partial charge is 0.314 e. The van der Waals surface area contributed by atoms with Crippen molar-refractivity contribution < 1.29 is 9.59 Å². The number of hydrogen-bond acceptors (Lipinski definition) is 3. The van der Waals surface area contributed by atoms with Crippen LogP contribution in [0.1, 0.15) is 15.9 Å². The van der Waals surface area contributed by atoms with Crippen LogP contribution in [0.15, 0.2) is 157 Å². The summed E-state index contributed by atoms with van der Waals surface area (Å²) in [7, 11) is -2.81. The summed E-state index contributed by atoms with van der Waals surface area (Å²) in [6, 6.07) is 49.1. The Morgan fingerprint density at radius 1 is 0.500 bits per heavy atom. The minimum Gasteiger partial charge on any atom is -0.314 e. The normalized spacial score (nSPS) is 11.7. The standard InChI is InChI=1S/C34H28N3O2P/c35-37-34(39)31(36-33(38)27-18-8-2-9-19-27)32(26-16-6-1-7-17-26)40(28-20-10-3-11-21-28,29-22-12-4-13-23-29)30-24-14-5-15-25-30/h1-25H,35H2,(H-,36,37,38,39)/p+1/b32-31-. The molecule has 196 valence electrons. The van der Waals surface area contributed by atoms with E-state index in [-0.39, 0.29) is 5.70 Å². The van der Waals surface area contributed by atoms with E-state index in [9.17, 15) is 9.59 Å². The van der Waals surface area contributed by atoms with Crippen molar-refractivity contribution in [2.24, 2.45) is 5.84 Å². The predicted octanol–water partition coefficient (Wildman–Crippen LogP) is 4.77. The van der Waals surface area contributed by atoms with Crippen molar-refractivity contribution in [3.05, 3.63) is 168 Å². The molecule has 0 aliphatic carbocycles. The van der Waals surface area contributed by atoms with E-state index >= 15 is 0 Å². The number of carbonyl (C=O) groups excluding carboxylic acids is 2. The van der Waals surface area contributed by atoms with Crippen molar-refractivity contribution in [3.63, 3.8) is 0 Å². The molecule has 0 spiro atoms. The number of benzene rings is 5. The maximum Gasteiger partial charge on any atom is 0.285 e. The minimum absolute atomic E-state index is 0.104. The summed E-state index contributed by atoms with van der Waals surface area (Å²) in [6.45, 7) is 0. The van der Waals surface area contributed by atoms with E-state index in [0.717, 1.165) is 21.5 Å². The van der Waals surface area contributed by atoms with E-state index < -0.39 is 19.1 Å². The molecule has 0 bridgehead atoms. The average molecular weight is 543 g/mol. The van der Waals surface area contributed by atoms with Gasteiger partial charge in [-0.15, -0.1) is 0 Å². The Labute approximate surface area is 234 Å². The maximum absolute atomic E-state index is 13.7. The Hall–Kier alpha value is -4.83. The highest BCUT2D eigenvalue weighted by Gasteiger charge is 2.52. The number of carbonyl (C=O) groups is 2. The van der Waals surface area contributed by atoms with E-state index in [1.54, 1.807) is 24.3 Å². The summed E-state index contributed by atoms with van der Waals surface area (Å²) in [4.78, 5) is 27.3. The summed E-state index contributed by atoms with van der Waals surface area (Å²) in [5.74, 6) is 4.80. The summed E-state index contributed by atoms with van der Waals surface area (Å²) in [6.07, 6.45) is 0. The Balaban J connectivity index is 1.96. The smallest absolute Gasteiger partial charge is 0.285 e. The number of amides is 2. The van der Waals surface area contributed by atoms with Gasteiger partial charge in [0, 0.05) is 11.1 Å². The lowest BCUT2D eigenvalue weighted by molar-refractivity contribution is -0.117. The first-order valence-electron chi connectivity index (χ1n) is 12.9. The molecule has 5 nitrogen and oxygen atoms in total. The van der Waals surface area contributed by atoms with Gasteiger partial charge in [0.2, 0.25) is 0 Å². The van der Waals surface area contributed by atoms with Gasteiger partial charge < -0.3 is 5.32 Å². The Kier molecular flexibility index (Phi) is 8.26. The highest BCUT2D eigenvalue weighted by Crippen LogP contribution is 2.67. The zero-order valence-electron chi connectivity index (χ0n) is 21.8. The van der Waals surface area contributed by atoms with E-state index in [2.05, 4.69) is 47.1 Å². The molecule has 0 atom stereocenters. The third-order valence-electron chi connectivity index (χ3n) is 6.68. The average Bonchev–Trinajstić information content (AvgIpc) is 3.04. The third-order valence-corrected chi connectivity index (χ3v) is 11.1. The number of nitrogens with two attached hydrogens (primary N) is 1. The molecule has 0 radical (unpaired) electrons. The van der Waals surface area contributed by atoms with Crippen LogP contribution >= 0.6 is 7.26 Å². The second-order valence-corrected chi connectivity index (χ2v) is 12.4. The Morgan fingerprint density at radius 2 is 0.850 bits per heavy atom. The monoisotopic (exact) mass is 542 g/mol. The van der Waals surface area contributed by atoms with Crippen molar-refractivity contribution in [1.29, 1.82) is 0 Å². The predicted molar refractivity (Wildman–Crippen MR) is 165 cm³/mol. The van der Waals surface area contributed by atoms with Gasteiger partial charge in [0.05, 0.1) is 0 Å². The van der Waals surface area contributed by atoms with Gasteiger partial charge >= 0.3 is 0 Å². The second-order valence-electron chi connectivity index (χ2n) is 9.06. The topological polar surface area (TPSA) is 84.2 Å². The third kappa shape index (κ3) is 5.21. The Bertz CT molecular complexity index is 1510. The van der Waals surface area contributed by atoms with Crippen LogP contribution < -0.4 is 32.5 Å². The van der Waals surface area contributed by atoms with Gasteiger partial charge in [-0.05, 0) is 48.5 Å². The molecule has 5 rings (SSSR count). The molecule has 4 N–H and O–H groups in total. The van der Waals surface area contributed by atoms with Crippen molar-refractivity contribution in [2.75, 3.05) is 0 Å². The minimum atomic E-state index is -2.81. The Morgan fingerprint density at radius 3 is 1.23 bits per heavy atom. The van der Waals surface area contributed by atoms with Gasteiger partial charge in [-0.2, -0.15) is 0 Å². The van der Waals surface area contributed by atoms with Gasteiger partial charge in [0.1, 0.15) is 28.5 Å². The van der Waals surface area contributed by atoms with Gasteiger partial charge in [-0.3, -0.25) is 15.0 Å². The first-order valence-corrected chi connectivity index (χ1v) is 14.7. The lowest BCUT2D eigenvalue weighted by atomic mass is 10.1. The molecule has 5 aromatic carbocycles. The highest BCUT2D eigenvalue weighted by atomic mass is 31.2. The fraction of sp³-hybridized carbons (Fsp3) is 0. The van der Waals surface area contributed by atoms with Crippen LogP contribution in [0, 0.1) is 0 Å². The van der Waals surface area contributed by atoms with Crippen molar-refractivity contribution in [1.82, 2.24) is 10.7 Å². The maximum atomic E-state index is 13.7. The number of nitrogens with one attached hydrogen (secondary N) is 2. The van der Waals surface area contributed by atoms with Crippen molar-refractivity contribution in [2.45, 2.75) is 0 Å². The number of rotatable bonds is 8. The molecule has 0 fully saturated rings. The molecule has 0 unspecified atom stereocenters. The summed E-state index contributed by atoms with van der Waals surface area (Å²) < 4.78 is 0. The second kappa shape index (κ2) is 12.4. The highest BCUT2D eigenvalue weighted by molar-refractivity contribution is 8.03. The van der Waals surface area contributed by atoms with E-state index in [0.29, 0.717) is 10.9 Å². The fourth-order valence-corrected chi connectivity index (χ4v) is 9.52. The van der Waals surface area contributed by atoms with E-state index in [4.69, 9.17) is 5.84 Å².